The van der Waals surface area contributed by atoms with Crippen molar-refractivity contribution in [2.45, 2.75) is 31.9 Å². The van der Waals surface area contributed by atoms with Crippen LogP contribution in [0.4, 0.5) is 0 Å². The van der Waals surface area contributed by atoms with E-state index < -0.39 is 5.60 Å². The van der Waals surface area contributed by atoms with E-state index in [2.05, 4.69) is 11.8 Å². The third-order valence-corrected chi connectivity index (χ3v) is 4.33. The zero-order valence-corrected chi connectivity index (χ0v) is 14.5. The average molecular weight is 316 g/mol. The minimum atomic E-state index is -1.19. The molecular formula is C19H22ClNO. The summed E-state index contributed by atoms with van der Waals surface area (Å²) < 4.78 is 0. The molecule has 0 amide bonds. The molecule has 0 aliphatic carbocycles. The number of rotatable bonds is 2. The Balaban J connectivity index is 2.42. The molecule has 1 unspecified atom stereocenters. The molecule has 2 rings (SSSR count). The summed E-state index contributed by atoms with van der Waals surface area (Å²) in [6, 6.07) is 11.5. The Bertz CT molecular complexity index is 751. The van der Waals surface area contributed by atoms with Crippen LogP contribution in [0, 0.1) is 11.8 Å². The van der Waals surface area contributed by atoms with E-state index in [-0.39, 0.29) is 5.54 Å². The first-order valence-electron chi connectivity index (χ1n) is 7.26. The number of benzene rings is 2. The van der Waals surface area contributed by atoms with Crippen LogP contribution in [0.2, 0.25) is 5.02 Å². The Hall–Kier alpha value is -1.53. The first-order valence-corrected chi connectivity index (χ1v) is 7.63. The van der Waals surface area contributed by atoms with Crippen LogP contribution in [-0.2, 0) is 5.60 Å². The lowest BCUT2D eigenvalue weighted by atomic mass is 9.92. The second-order valence-corrected chi connectivity index (χ2v) is 6.92. The smallest absolute Gasteiger partial charge is 0.148 e. The van der Waals surface area contributed by atoms with Gasteiger partial charge < -0.3 is 5.11 Å². The van der Waals surface area contributed by atoms with Crippen molar-refractivity contribution in [2.24, 2.45) is 0 Å². The average Bonchev–Trinajstić information content (AvgIpc) is 2.44. The molecule has 0 radical (unpaired) electrons. The highest BCUT2D eigenvalue weighted by Gasteiger charge is 2.23. The maximum Gasteiger partial charge on any atom is 0.148 e. The van der Waals surface area contributed by atoms with Gasteiger partial charge in [0.2, 0.25) is 0 Å². The zero-order chi connectivity index (χ0) is 16.5. The van der Waals surface area contributed by atoms with Gasteiger partial charge >= 0.3 is 0 Å². The second-order valence-electron chi connectivity index (χ2n) is 6.48. The number of hydrogen-bond acceptors (Lipinski definition) is 2. The summed E-state index contributed by atoms with van der Waals surface area (Å²) in [7, 11) is 3.95. The van der Waals surface area contributed by atoms with Crippen molar-refractivity contribution in [3.05, 3.63) is 47.0 Å². The Labute approximate surface area is 137 Å². The van der Waals surface area contributed by atoms with Crippen molar-refractivity contribution < 1.29 is 5.11 Å². The predicted octanol–water partition coefficient (Wildman–Crippen LogP) is 4.04. The van der Waals surface area contributed by atoms with Crippen LogP contribution >= 0.6 is 11.6 Å². The van der Waals surface area contributed by atoms with Crippen LogP contribution < -0.4 is 0 Å². The lowest BCUT2D eigenvalue weighted by Gasteiger charge is -2.27. The fourth-order valence-electron chi connectivity index (χ4n) is 1.98. The van der Waals surface area contributed by atoms with Crippen LogP contribution in [-0.4, -0.2) is 29.6 Å². The molecule has 0 fully saturated rings. The van der Waals surface area contributed by atoms with Crippen molar-refractivity contribution in [3.8, 4) is 11.8 Å². The van der Waals surface area contributed by atoms with Crippen LogP contribution in [0.25, 0.3) is 10.8 Å². The van der Waals surface area contributed by atoms with Crippen molar-refractivity contribution in [1.29, 1.82) is 0 Å². The van der Waals surface area contributed by atoms with Crippen LogP contribution in [0.5, 0.6) is 0 Å². The summed E-state index contributed by atoms with van der Waals surface area (Å²) in [5, 5.41) is 13.5. The van der Waals surface area contributed by atoms with Gasteiger partial charge in [-0.3, -0.25) is 4.90 Å². The number of aliphatic hydroxyl groups is 1. The lowest BCUT2D eigenvalue weighted by molar-refractivity contribution is 0.121. The van der Waals surface area contributed by atoms with E-state index in [4.69, 9.17) is 11.6 Å². The van der Waals surface area contributed by atoms with Crippen LogP contribution in [0.3, 0.4) is 0 Å². The molecule has 0 bridgehead atoms. The fourth-order valence-corrected chi connectivity index (χ4v) is 2.16. The number of halogens is 1. The van der Waals surface area contributed by atoms with Crippen LogP contribution in [0.15, 0.2) is 36.4 Å². The first-order chi connectivity index (χ1) is 10.1. The predicted molar refractivity (Wildman–Crippen MR) is 94.1 cm³/mol. The fraction of sp³-hybridized carbons (Fsp3) is 0.368. The molecule has 2 nitrogen and oxygen atoms in total. The number of nitrogens with zero attached hydrogens (tertiary/aromatic N) is 1. The van der Waals surface area contributed by atoms with E-state index in [1.54, 1.807) is 6.92 Å². The monoisotopic (exact) mass is 315 g/mol. The van der Waals surface area contributed by atoms with Gasteiger partial charge in [0.25, 0.3) is 0 Å². The summed E-state index contributed by atoms with van der Waals surface area (Å²) in [4.78, 5) is 2.03. The van der Waals surface area contributed by atoms with E-state index in [0.717, 1.165) is 16.3 Å². The molecule has 1 N–H and O–H groups in total. The van der Waals surface area contributed by atoms with Crippen molar-refractivity contribution in [3.63, 3.8) is 0 Å². The molecule has 0 saturated heterocycles. The van der Waals surface area contributed by atoms with Gasteiger partial charge in [-0.05, 0) is 69.4 Å². The normalized spacial score (nSPS) is 14.5. The highest BCUT2D eigenvalue weighted by Crippen LogP contribution is 2.26. The van der Waals surface area contributed by atoms with E-state index in [1.165, 1.54) is 0 Å². The summed E-state index contributed by atoms with van der Waals surface area (Å²) in [5.41, 5.74) is -0.709. The lowest BCUT2D eigenvalue weighted by Crippen LogP contribution is -2.37. The van der Waals surface area contributed by atoms with Gasteiger partial charge in [0.1, 0.15) is 5.60 Å². The molecule has 0 spiro atoms. The quantitative estimate of drug-likeness (QED) is 0.845. The SMILES string of the molecule is CN(C)C(C)(C)C#CC(C)(O)c1ccc2cc(Cl)ccc2c1. The molecule has 3 heteroatoms. The molecule has 0 aliphatic rings. The van der Waals surface area contributed by atoms with Crippen LogP contribution in [0.1, 0.15) is 26.3 Å². The molecule has 2 aromatic rings. The van der Waals surface area contributed by atoms with Gasteiger partial charge in [-0.2, -0.15) is 0 Å². The largest absolute Gasteiger partial charge is 0.374 e. The van der Waals surface area contributed by atoms with E-state index in [0.29, 0.717) is 5.02 Å². The minimum absolute atomic E-state index is 0.297. The molecule has 2 aromatic carbocycles. The van der Waals surface area contributed by atoms with E-state index >= 15 is 0 Å². The highest BCUT2D eigenvalue weighted by molar-refractivity contribution is 6.31. The highest BCUT2D eigenvalue weighted by atomic mass is 35.5. The van der Waals surface area contributed by atoms with E-state index in [1.807, 2.05) is 69.2 Å². The molecule has 0 aromatic heterocycles. The molecule has 0 heterocycles. The molecule has 0 aliphatic heterocycles. The minimum Gasteiger partial charge on any atom is -0.374 e. The van der Waals surface area contributed by atoms with Gasteiger partial charge in [0, 0.05) is 5.02 Å². The Kier molecular flexibility index (Phi) is 4.54. The Morgan fingerprint density at radius 1 is 0.955 bits per heavy atom. The maximum absolute atomic E-state index is 10.7. The molecule has 116 valence electrons. The first kappa shape index (κ1) is 16.8. The Morgan fingerprint density at radius 3 is 2.18 bits per heavy atom. The third kappa shape index (κ3) is 3.62. The topological polar surface area (TPSA) is 23.5 Å². The number of hydrogen-bond donors (Lipinski definition) is 1. The van der Waals surface area contributed by atoms with Gasteiger partial charge in [-0.25, -0.2) is 0 Å². The van der Waals surface area contributed by atoms with E-state index in [9.17, 15) is 5.11 Å². The van der Waals surface area contributed by atoms with Crippen molar-refractivity contribution in [2.75, 3.05) is 14.1 Å². The molecule has 22 heavy (non-hydrogen) atoms. The summed E-state index contributed by atoms with van der Waals surface area (Å²) in [6.07, 6.45) is 0. The van der Waals surface area contributed by atoms with Crippen molar-refractivity contribution in [1.82, 2.24) is 4.90 Å². The maximum atomic E-state index is 10.7. The molecule has 1 atom stereocenters. The van der Waals surface area contributed by atoms with Gasteiger partial charge in [0.15, 0.2) is 0 Å². The standard InChI is InChI=1S/C19H22ClNO/c1-18(2,21(4)5)10-11-19(3,22)16-8-6-15-13-17(20)9-7-14(15)12-16/h6-9,12-13,22H,1-5H3. The summed E-state index contributed by atoms with van der Waals surface area (Å²) in [5.74, 6) is 6.17. The molecular weight excluding hydrogens is 294 g/mol. The summed E-state index contributed by atoms with van der Waals surface area (Å²) >= 11 is 6.00. The zero-order valence-electron chi connectivity index (χ0n) is 13.7. The van der Waals surface area contributed by atoms with Gasteiger partial charge in [0.05, 0.1) is 5.54 Å². The third-order valence-electron chi connectivity index (χ3n) is 4.09. The number of fused-ring (bicyclic) bond motifs is 1. The Morgan fingerprint density at radius 2 is 1.55 bits per heavy atom. The summed E-state index contributed by atoms with van der Waals surface area (Å²) in [6.45, 7) is 5.78. The van der Waals surface area contributed by atoms with Gasteiger partial charge in [-0.1, -0.05) is 41.6 Å². The second kappa shape index (κ2) is 5.93. The van der Waals surface area contributed by atoms with Gasteiger partial charge in [-0.15, -0.1) is 0 Å². The molecule has 0 saturated carbocycles. The van der Waals surface area contributed by atoms with Crippen molar-refractivity contribution >= 4 is 22.4 Å².